The maximum Gasteiger partial charge on any atom is 0.291 e. The van der Waals surface area contributed by atoms with Crippen molar-refractivity contribution in [3.8, 4) is 11.5 Å². The van der Waals surface area contributed by atoms with E-state index in [9.17, 15) is 4.79 Å². The van der Waals surface area contributed by atoms with Crippen molar-refractivity contribution in [2.24, 2.45) is 0 Å². The second kappa shape index (κ2) is 6.05. The lowest BCUT2D eigenvalue weighted by molar-refractivity contribution is 0.0773. The first-order chi connectivity index (χ1) is 9.65. The van der Waals surface area contributed by atoms with Crippen LogP contribution in [0.4, 0.5) is 0 Å². The highest BCUT2D eigenvalue weighted by molar-refractivity contribution is 5.90. The number of carbonyl (C=O) groups is 1. The van der Waals surface area contributed by atoms with E-state index in [1.165, 1.54) is 6.33 Å². The van der Waals surface area contributed by atoms with Gasteiger partial charge in [0.1, 0.15) is 6.33 Å². The molecule has 0 bridgehead atoms. The van der Waals surface area contributed by atoms with Crippen molar-refractivity contribution < 1.29 is 14.3 Å². The molecule has 106 valence electrons. The Morgan fingerprint density at radius 2 is 2.05 bits per heavy atom. The van der Waals surface area contributed by atoms with Gasteiger partial charge in [-0.15, -0.1) is 0 Å². The monoisotopic (exact) mass is 276 g/mol. The minimum Gasteiger partial charge on any atom is -0.493 e. The van der Waals surface area contributed by atoms with Gasteiger partial charge in [0.25, 0.3) is 5.91 Å². The van der Waals surface area contributed by atoms with Crippen LogP contribution in [0.2, 0.25) is 0 Å². The second-order valence-corrected chi connectivity index (χ2v) is 4.18. The molecule has 1 aromatic carbocycles. The predicted molar refractivity (Wildman–Crippen MR) is 71.7 cm³/mol. The molecular formula is C13H16N4O3. The van der Waals surface area contributed by atoms with E-state index >= 15 is 0 Å². The summed E-state index contributed by atoms with van der Waals surface area (Å²) in [6, 6.07) is 5.52. The normalized spacial score (nSPS) is 10.2. The fourth-order valence-corrected chi connectivity index (χ4v) is 1.81. The van der Waals surface area contributed by atoms with Crippen molar-refractivity contribution in [2.75, 3.05) is 21.3 Å². The predicted octanol–water partition coefficient (Wildman–Crippen LogP) is 1.09. The summed E-state index contributed by atoms with van der Waals surface area (Å²) in [7, 11) is 4.85. The van der Waals surface area contributed by atoms with Crippen molar-refractivity contribution >= 4 is 5.91 Å². The van der Waals surface area contributed by atoms with Crippen LogP contribution in [0, 0.1) is 0 Å². The van der Waals surface area contributed by atoms with Gasteiger partial charge in [-0.1, -0.05) is 6.07 Å². The highest BCUT2D eigenvalue weighted by atomic mass is 16.5. The van der Waals surface area contributed by atoms with Crippen LogP contribution < -0.4 is 9.47 Å². The number of benzene rings is 1. The minimum atomic E-state index is -0.225. The number of ether oxygens (including phenoxy) is 2. The van der Waals surface area contributed by atoms with E-state index in [-0.39, 0.29) is 11.7 Å². The smallest absolute Gasteiger partial charge is 0.291 e. The average Bonchev–Trinajstić information content (AvgIpc) is 3.00. The second-order valence-electron chi connectivity index (χ2n) is 4.18. The Bertz CT molecular complexity index is 583. The molecule has 7 heteroatoms. The van der Waals surface area contributed by atoms with E-state index in [2.05, 4.69) is 15.2 Å². The third-order valence-corrected chi connectivity index (χ3v) is 2.83. The minimum absolute atomic E-state index is 0.216. The molecule has 2 aromatic rings. The highest BCUT2D eigenvalue weighted by Gasteiger charge is 2.15. The van der Waals surface area contributed by atoms with E-state index in [4.69, 9.17) is 9.47 Å². The SMILES string of the molecule is COc1ccc(CN(C)C(=O)c2ncn[nH]2)cc1OC. The lowest BCUT2D eigenvalue weighted by atomic mass is 10.2. The first-order valence-corrected chi connectivity index (χ1v) is 5.97. The van der Waals surface area contributed by atoms with Gasteiger partial charge in [0.2, 0.25) is 5.82 Å². The third kappa shape index (κ3) is 2.87. The Morgan fingerprint density at radius 1 is 1.30 bits per heavy atom. The number of carbonyl (C=O) groups excluding carboxylic acids is 1. The van der Waals surface area contributed by atoms with Crippen molar-refractivity contribution in [3.63, 3.8) is 0 Å². The molecule has 0 aliphatic rings. The quantitative estimate of drug-likeness (QED) is 0.884. The van der Waals surface area contributed by atoms with Crippen molar-refractivity contribution in [1.29, 1.82) is 0 Å². The van der Waals surface area contributed by atoms with Crippen molar-refractivity contribution in [1.82, 2.24) is 20.1 Å². The lowest BCUT2D eigenvalue weighted by Crippen LogP contribution is -2.27. The zero-order chi connectivity index (χ0) is 14.5. The van der Waals surface area contributed by atoms with Gasteiger partial charge in [0.05, 0.1) is 14.2 Å². The Balaban J connectivity index is 2.11. The van der Waals surface area contributed by atoms with Gasteiger partial charge in [-0.25, -0.2) is 4.98 Å². The fraction of sp³-hybridized carbons (Fsp3) is 0.308. The van der Waals surface area contributed by atoms with Gasteiger partial charge < -0.3 is 14.4 Å². The number of hydrogen-bond acceptors (Lipinski definition) is 5. The summed E-state index contributed by atoms with van der Waals surface area (Å²) in [5.74, 6) is 1.27. The molecule has 0 aliphatic heterocycles. The topological polar surface area (TPSA) is 80.3 Å². The molecule has 7 nitrogen and oxygen atoms in total. The summed E-state index contributed by atoms with van der Waals surface area (Å²) in [6.45, 7) is 0.430. The number of aromatic amines is 1. The molecule has 0 atom stereocenters. The van der Waals surface area contributed by atoms with Gasteiger partial charge >= 0.3 is 0 Å². The molecule has 0 saturated heterocycles. The van der Waals surface area contributed by atoms with Gasteiger partial charge in [-0.2, -0.15) is 5.10 Å². The number of nitrogens with zero attached hydrogens (tertiary/aromatic N) is 3. The molecule has 0 radical (unpaired) electrons. The number of methoxy groups -OCH3 is 2. The van der Waals surface area contributed by atoms with Crippen molar-refractivity contribution in [2.45, 2.75) is 6.54 Å². The number of amides is 1. The van der Waals surface area contributed by atoms with Crippen LogP contribution in [-0.2, 0) is 6.54 Å². The number of hydrogen-bond donors (Lipinski definition) is 1. The Hall–Kier alpha value is -2.57. The largest absolute Gasteiger partial charge is 0.493 e. The molecule has 0 spiro atoms. The lowest BCUT2D eigenvalue weighted by Gasteiger charge is -2.16. The third-order valence-electron chi connectivity index (χ3n) is 2.83. The summed E-state index contributed by atoms with van der Waals surface area (Å²) >= 11 is 0. The molecule has 1 aromatic heterocycles. The van der Waals surface area contributed by atoms with Crippen LogP contribution in [0.25, 0.3) is 0 Å². The Labute approximate surface area is 116 Å². The summed E-state index contributed by atoms with van der Waals surface area (Å²) in [6.07, 6.45) is 1.30. The molecule has 2 rings (SSSR count). The summed E-state index contributed by atoms with van der Waals surface area (Å²) < 4.78 is 10.4. The Kier molecular flexibility index (Phi) is 4.19. The van der Waals surface area contributed by atoms with E-state index in [1.807, 2.05) is 12.1 Å². The molecule has 0 aliphatic carbocycles. The van der Waals surface area contributed by atoms with Crippen LogP contribution >= 0.6 is 0 Å². The standard InChI is InChI=1S/C13H16N4O3/c1-17(13(18)12-14-8-15-16-12)7-9-4-5-10(19-2)11(6-9)20-3/h4-6,8H,7H2,1-3H3,(H,14,15,16). The molecule has 1 heterocycles. The number of rotatable bonds is 5. The van der Waals surface area contributed by atoms with E-state index in [1.54, 1.807) is 32.2 Å². The van der Waals surface area contributed by atoms with Gasteiger partial charge in [0, 0.05) is 13.6 Å². The van der Waals surface area contributed by atoms with Gasteiger partial charge in [-0.05, 0) is 17.7 Å². The van der Waals surface area contributed by atoms with Crippen LogP contribution in [0.1, 0.15) is 16.2 Å². The fourth-order valence-electron chi connectivity index (χ4n) is 1.81. The molecule has 1 amide bonds. The number of nitrogens with one attached hydrogen (secondary N) is 1. The molecule has 0 fully saturated rings. The van der Waals surface area contributed by atoms with Crippen LogP contribution in [0.5, 0.6) is 11.5 Å². The molecular weight excluding hydrogens is 260 g/mol. The van der Waals surface area contributed by atoms with E-state index < -0.39 is 0 Å². The highest BCUT2D eigenvalue weighted by Crippen LogP contribution is 2.27. The summed E-state index contributed by atoms with van der Waals surface area (Å²) in [4.78, 5) is 17.4. The maximum absolute atomic E-state index is 12.0. The number of aromatic nitrogens is 3. The zero-order valence-corrected chi connectivity index (χ0v) is 11.6. The first kappa shape index (κ1) is 13.9. The van der Waals surface area contributed by atoms with E-state index in [0.717, 1.165) is 5.56 Å². The first-order valence-electron chi connectivity index (χ1n) is 5.97. The number of H-pyrrole nitrogens is 1. The molecule has 1 N–H and O–H groups in total. The van der Waals surface area contributed by atoms with Crippen LogP contribution in [-0.4, -0.2) is 47.3 Å². The van der Waals surface area contributed by atoms with Gasteiger partial charge in [0.15, 0.2) is 11.5 Å². The Morgan fingerprint density at radius 3 is 2.65 bits per heavy atom. The molecule has 0 unspecified atom stereocenters. The zero-order valence-electron chi connectivity index (χ0n) is 11.6. The summed E-state index contributed by atoms with van der Waals surface area (Å²) in [5, 5.41) is 6.21. The summed E-state index contributed by atoms with van der Waals surface area (Å²) in [5.41, 5.74) is 0.929. The molecule has 20 heavy (non-hydrogen) atoms. The average molecular weight is 276 g/mol. The van der Waals surface area contributed by atoms with Crippen molar-refractivity contribution in [3.05, 3.63) is 35.9 Å². The van der Waals surface area contributed by atoms with Gasteiger partial charge in [-0.3, -0.25) is 9.89 Å². The van der Waals surface area contributed by atoms with E-state index in [0.29, 0.717) is 18.0 Å². The van der Waals surface area contributed by atoms with Crippen LogP contribution in [0.15, 0.2) is 24.5 Å². The van der Waals surface area contributed by atoms with Crippen LogP contribution in [0.3, 0.4) is 0 Å². The maximum atomic E-state index is 12.0. The molecule has 0 saturated carbocycles.